The molecule has 2 heterocycles. The molecule has 2 aliphatic carbocycles. The van der Waals surface area contributed by atoms with Gasteiger partial charge in [0.05, 0.1) is 52.5 Å². The second-order valence-corrected chi connectivity index (χ2v) is 17.5. The van der Waals surface area contributed by atoms with Crippen molar-refractivity contribution in [3.63, 3.8) is 0 Å². The van der Waals surface area contributed by atoms with E-state index in [0.29, 0.717) is 40.2 Å². The fourth-order valence-electron chi connectivity index (χ4n) is 6.42. The van der Waals surface area contributed by atoms with Crippen molar-refractivity contribution in [2.24, 2.45) is 0 Å². The summed E-state index contributed by atoms with van der Waals surface area (Å²) in [6.07, 6.45) is 3.77. The number of fused-ring (bicyclic) bond motifs is 2. The molecule has 316 valence electrons. The first-order valence-corrected chi connectivity index (χ1v) is 22.3. The van der Waals surface area contributed by atoms with Gasteiger partial charge in [-0.2, -0.15) is 33.5 Å². The second kappa shape index (κ2) is 19.9. The number of rotatable bonds is 11. The van der Waals surface area contributed by atoms with Crippen LogP contribution < -0.4 is 88.8 Å². The van der Waals surface area contributed by atoms with Gasteiger partial charge in [0.2, 0.25) is 11.2 Å². The summed E-state index contributed by atoms with van der Waals surface area (Å²) < 4.78 is 125. The summed E-state index contributed by atoms with van der Waals surface area (Å²) in [5.41, 5.74) is 2.86. The predicted octanol–water partition coefficient (Wildman–Crippen LogP) is -3.14. The van der Waals surface area contributed by atoms with Crippen LogP contribution in [0.5, 0.6) is 11.8 Å². The van der Waals surface area contributed by atoms with Gasteiger partial charge in [0.15, 0.2) is 0 Å². The number of hydrogen-bond donors (Lipinski definition) is 2. The number of hydrogen-bond acceptors (Lipinski definition) is 16. The van der Waals surface area contributed by atoms with Crippen LogP contribution >= 0.6 is 11.6 Å². The van der Waals surface area contributed by atoms with Gasteiger partial charge in [0.1, 0.15) is 20.8 Å². The Labute approximate surface area is 410 Å². The maximum absolute atomic E-state index is 12.6. The van der Waals surface area contributed by atoms with E-state index in [9.17, 15) is 39.3 Å². The Morgan fingerprint density at radius 3 is 2.30 bits per heavy atom. The zero-order chi connectivity index (χ0) is 43.9. The van der Waals surface area contributed by atoms with Crippen molar-refractivity contribution in [1.29, 1.82) is 0 Å². The molecule has 1 aromatic heterocycles. The number of methoxy groups -OCH3 is 2. The Bertz CT molecular complexity index is 3270. The number of ether oxygens (including phenoxy) is 2. The van der Waals surface area contributed by atoms with Gasteiger partial charge in [0, 0.05) is 42.3 Å². The summed E-state index contributed by atoms with van der Waals surface area (Å²) in [6.45, 7) is 2.50. The molecular formula is C38H31ClN8Na2O11S3. The van der Waals surface area contributed by atoms with Crippen LogP contribution in [0.1, 0.15) is 12.5 Å². The minimum atomic E-state index is -5.13. The van der Waals surface area contributed by atoms with Crippen LogP contribution in [-0.4, -0.2) is 95.1 Å². The normalized spacial score (nSPS) is 12.9. The van der Waals surface area contributed by atoms with Crippen LogP contribution in [0.25, 0.3) is 28.1 Å². The molecule has 0 atom stereocenters. The topological polar surface area (TPSA) is 279 Å². The molecule has 0 saturated carbocycles. The van der Waals surface area contributed by atoms with Gasteiger partial charge in [-0.3, -0.25) is 8.76 Å². The average Bonchev–Trinajstić information content (AvgIpc) is 3.21. The van der Waals surface area contributed by atoms with E-state index in [1.54, 1.807) is 53.1 Å². The van der Waals surface area contributed by atoms with E-state index in [-0.39, 0.29) is 116 Å². The van der Waals surface area contributed by atoms with Crippen LogP contribution in [0.4, 0.5) is 11.6 Å². The number of aromatic nitrogens is 5. The number of allylic oxidation sites excluding steroid dienone is 3. The molecule has 63 heavy (non-hydrogen) atoms. The predicted molar refractivity (Wildman–Crippen MR) is 222 cm³/mol. The van der Waals surface area contributed by atoms with Crippen LogP contribution in [0.2, 0.25) is 5.28 Å². The molecule has 0 bridgehead atoms. The SMILES string of the molecule is CCN(Cc1cccc(S(=O)(=O)[O-])c1)c1ccc2nc3ccc(=[N+]=C4C=CC(Nc5nc(Cl)nc(OC)n5)=CC4=S(=O)([O-])[O-])cc-3n(-c3ccc(OC)c(S(=O)(=O)O)c3)c2c1.[Na+].[Na+]. The van der Waals surface area contributed by atoms with Crippen LogP contribution in [-0.2, 0) is 36.9 Å². The van der Waals surface area contributed by atoms with E-state index in [2.05, 4.69) is 24.9 Å². The molecule has 7 rings (SSSR count). The largest absolute Gasteiger partial charge is 1.00 e. The first kappa shape index (κ1) is 49.8. The molecule has 0 spiro atoms. The molecule has 0 unspecified atom stereocenters. The van der Waals surface area contributed by atoms with Gasteiger partial charge >= 0.3 is 76.2 Å². The van der Waals surface area contributed by atoms with Gasteiger partial charge in [0.25, 0.3) is 10.1 Å². The third kappa shape index (κ3) is 11.4. The molecule has 3 aromatic carbocycles. The Hall–Kier alpha value is -4.20. The first-order chi connectivity index (χ1) is 28.8. The number of anilines is 2. The van der Waals surface area contributed by atoms with E-state index in [0.717, 1.165) is 6.08 Å². The molecular weight excluding hydrogens is 922 g/mol. The Balaban J connectivity index is 0.00000374. The van der Waals surface area contributed by atoms with Gasteiger partial charge < -0.3 is 37.9 Å². The second-order valence-electron chi connectivity index (χ2n) is 13.0. The minimum Gasteiger partial charge on any atom is -0.788 e. The van der Waals surface area contributed by atoms with E-state index in [1.165, 1.54) is 56.7 Å². The molecule has 2 N–H and O–H groups in total. The van der Waals surface area contributed by atoms with Crippen molar-refractivity contribution in [2.75, 3.05) is 31.0 Å². The quantitative estimate of drug-likeness (QED) is 0.0427. The van der Waals surface area contributed by atoms with E-state index < -0.39 is 40.1 Å². The third-order valence-corrected chi connectivity index (χ3v) is 11.9. The standard InChI is InChI=1S/C38H33ClN8O11S3.2Na/c1-4-46(21-22-6-5-7-27(16-22)59(48,49)50)25-10-14-29-32(19-25)47(26-11-15-33(57-2)35(20-26)61(54,55)56)31-17-23(8-12-28(31)42-29)40-30-13-9-24(18-34(30)60(51,52)53)41-37-43-36(39)44-38(45-37)58-3;;/h5-20H,4,21H2,1-3H3,(H4,41,42,43,44,45,48,49,50,51,52,53,54,55,56);;/q;2*+1/p-2. The zero-order valence-corrected chi connectivity index (χ0v) is 41.1. The summed E-state index contributed by atoms with van der Waals surface area (Å²) in [5.74, 6) is -0.230. The maximum Gasteiger partial charge on any atom is 1.00 e. The van der Waals surface area contributed by atoms with Crippen molar-refractivity contribution in [1.82, 2.24) is 29.2 Å². The van der Waals surface area contributed by atoms with Gasteiger partial charge in [-0.1, -0.05) is 16.8 Å². The smallest absolute Gasteiger partial charge is 0.788 e. The molecule has 0 fully saturated rings. The van der Waals surface area contributed by atoms with Crippen LogP contribution in [0.15, 0.2) is 113 Å². The monoisotopic (exact) mass is 952 g/mol. The van der Waals surface area contributed by atoms with E-state index in [4.69, 9.17) is 26.1 Å². The number of halogens is 1. The third-order valence-electron chi connectivity index (χ3n) is 9.14. The Kier molecular flexibility index (Phi) is 15.7. The zero-order valence-electron chi connectivity index (χ0n) is 33.9. The van der Waals surface area contributed by atoms with Crippen LogP contribution in [0.3, 0.4) is 0 Å². The fraction of sp³-hybridized carbons (Fsp3) is 0.132. The van der Waals surface area contributed by atoms with E-state index >= 15 is 0 Å². The minimum absolute atomic E-state index is 0. The number of benzene rings is 4. The molecule has 25 heteroatoms. The molecule has 4 aromatic rings. The summed E-state index contributed by atoms with van der Waals surface area (Å²) in [5, 5.41) is 2.71. The summed E-state index contributed by atoms with van der Waals surface area (Å²) in [6, 6.07) is 19.7. The van der Waals surface area contributed by atoms with Crippen molar-refractivity contribution in [3.05, 3.63) is 119 Å². The summed E-state index contributed by atoms with van der Waals surface area (Å²) in [7, 11) is -12.1. The van der Waals surface area contributed by atoms with E-state index in [1.807, 2.05) is 11.8 Å². The van der Waals surface area contributed by atoms with Crippen molar-refractivity contribution in [3.8, 4) is 28.8 Å². The van der Waals surface area contributed by atoms with Crippen molar-refractivity contribution in [2.45, 2.75) is 23.3 Å². The Morgan fingerprint density at radius 2 is 1.63 bits per heavy atom. The first-order valence-electron chi connectivity index (χ1n) is 17.6. The molecule has 0 radical (unpaired) electrons. The number of nitrogens with one attached hydrogen (secondary N) is 1. The average molecular weight is 953 g/mol. The molecule has 19 nitrogen and oxygen atoms in total. The van der Waals surface area contributed by atoms with Gasteiger partial charge in [-0.15, -0.1) is 0 Å². The maximum atomic E-state index is 12.6. The fourth-order valence-corrected chi connectivity index (χ4v) is 8.43. The van der Waals surface area contributed by atoms with Gasteiger partial charge in [-0.25, -0.2) is 13.4 Å². The van der Waals surface area contributed by atoms with Crippen LogP contribution in [0, 0.1) is 0 Å². The Morgan fingerprint density at radius 1 is 0.873 bits per heavy atom. The molecule has 1 aliphatic heterocycles. The number of nitrogens with zero attached hydrogens (tertiary/aromatic N) is 7. The molecule has 0 saturated heterocycles. The van der Waals surface area contributed by atoms with Gasteiger partial charge in [-0.05, 0) is 90.8 Å². The molecule has 3 aliphatic rings. The van der Waals surface area contributed by atoms with Crippen molar-refractivity contribution < 1.29 is 108 Å². The summed E-state index contributed by atoms with van der Waals surface area (Å²) in [4.78, 5) is 16.9. The molecule has 0 amide bonds. The van der Waals surface area contributed by atoms with Crippen molar-refractivity contribution >= 4 is 75.2 Å². The summed E-state index contributed by atoms with van der Waals surface area (Å²) >= 11 is 5.93.